The second kappa shape index (κ2) is 2.46. The van der Waals surface area contributed by atoms with Crippen LogP contribution in [0.25, 0.3) is 0 Å². The fraction of sp³-hybridized carbons (Fsp3) is 0.889. The maximum absolute atomic E-state index is 10.9. The van der Waals surface area contributed by atoms with Gasteiger partial charge in [0.05, 0.1) is 17.6 Å². The monoisotopic (exact) mass is 170 g/mol. The minimum atomic E-state index is -0.664. The summed E-state index contributed by atoms with van der Waals surface area (Å²) < 4.78 is 5.58. The lowest BCUT2D eigenvalue weighted by atomic mass is 9.79. The second-order valence-corrected chi connectivity index (χ2v) is 4.23. The Morgan fingerprint density at radius 2 is 1.92 bits per heavy atom. The minimum Gasteiger partial charge on any atom is -0.481 e. The molecule has 2 heterocycles. The number of hydrogen-bond donors (Lipinski definition) is 1. The molecule has 1 N–H and O–H groups in total. The summed E-state index contributed by atoms with van der Waals surface area (Å²) in [5.41, 5.74) is -0.524. The van der Waals surface area contributed by atoms with Crippen LogP contribution in [0.4, 0.5) is 0 Å². The van der Waals surface area contributed by atoms with E-state index in [0.29, 0.717) is 12.8 Å². The van der Waals surface area contributed by atoms with Gasteiger partial charge in [-0.2, -0.15) is 0 Å². The normalized spacial score (nSPS) is 46.1. The Bertz CT molecular complexity index is 200. The predicted octanol–water partition coefficient (Wildman–Crippen LogP) is 1.42. The van der Waals surface area contributed by atoms with E-state index in [0.717, 1.165) is 12.8 Å². The highest BCUT2D eigenvalue weighted by Gasteiger charge is 2.46. The summed E-state index contributed by atoms with van der Waals surface area (Å²) in [7, 11) is 0. The summed E-state index contributed by atoms with van der Waals surface area (Å²) in [6, 6.07) is 0. The smallest absolute Gasteiger partial charge is 0.309 e. The molecule has 0 amide bonds. The van der Waals surface area contributed by atoms with E-state index in [4.69, 9.17) is 9.84 Å². The van der Waals surface area contributed by atoms with Crippen molar-refractivity contribution in [1.29, 1.82) is 0 Å². The number of aliphatic carboxylic acids is 1. The Kier molecular flexibility index (Phi) is 1.65. The van der Waals surface area contributed by atoms with Crippen LogP contribution in [0.2, 0.25) is 0 Å². The summed E-state index contributed by atoms with van der Waals surface area (Å²) in [4.78, 5) is 10.9. The summed E-state index contributed by atoms with van der Waals surface area (Å²) in [5.74, 6) is -0.664. The molecule has 68 valence electrons. The summed E-state index contributed by atoms with van der Waals surface area (Å²) in [6.45, 7) is 1.84. The molecular formula is C9H14O3. The number of carbonyl (C=O) groups is 1. The third kappa shape index (κ3) is 1.12. The third-order valence-electron chi connectivity index (χ3n) is 3.07. The standard InChI is InChI=1S/C9H14O3/c1-9(8(10)11)4-6-2-3-7(5-9)12-6/h6-7H,2-5H2,1H3,(H,10,11). The van der Waals surface area contributed by atoms with Crippen LogP contribution in [0, 0.1) is 5.41 Å². The summed E-state index contributed by atoms with van der Waals surface area (Å²) in [5, 5.41) is 9.01. The zero-order valence-corrected chi connectivity index (χ0v) is 7.25. The molecule has 3 nitrogen and oxygen atoms in total. The Hall–Kier alpha value is -0.570. The maximum atomic E-state index is 10.9. The Balaban J connectivity index is 2.15. The topological polar surface area (TPSA) is 46.5 Å². The SMILES string of the molecule is CC1(C(=O)O)CC2CCC(C1)O2. The zero-order valence-electron chi connectivity index (χ0n) is 7.25. The van der Waals surface area contributed by atoms with Gasteiger partial charge in [0, 0.05) is 0 Å². The maximum Gasteiger partial charge on any atom is 0.309 e. The molecule has 0 spiro atoms. The van der Waals surface area contributed by atoms with Gasteiger partial charge in [0.2, 0.25) is 0 Å². The number of fused-ring (bicyclic) bond motifs is 2. The van der Waals surface area contributed by atoms with Crippen molar-refractivity contribution < 1.29 is 14.6 Å². The molecule has 0 aromatic heterocycles. The Labute approximate surface area is 71.7 Å². The lowest BCUT2D eigenvalue weighted by Gasteiger charge is -2.34. The fourth-order valence-electron chi connectivity index (χ4n) is 2.34. The van der Waals surface area contributed by atoms with Crippen LogP contribution in [-0.2, 0) is 9.53 Å². The van der Waals surface area contributed by atoms with Crippen LogP contribution in [0.5, 0.6) is 0 Å². The van der Waals surface area contributed by atoms with Crippen LogP contribution in [0.1, 0.15) is 32.6 Å². The number of hydrogen-bond acceptors (Lipinski definition) is 2. The zero-order chi connectivity index (χ0) is 8.77. The van der Waals surface area contributed by atoms with Crippen molar-refractivity contribution in [3.05, 3.63) is 0 Å². The molecule has 2 unspecified atom stereocenters. The van der Waals surface area contributed by atoms with Crippen molar-refractivity contribution in [2.45, 2.75) is 44.8 Å². The van der Waals surface area contributed by atoms with E-state index in [-0.39, 0.29) is 12.2 Å². The molecule has 2 bridgehead atoms. The van der Waals surface area contributed by atoms with Crippen LogP contribution in [-0.4, -0.2) is 23.3 Å². The Morgan fingerprint density at radius 1 is 1.42 bits per heavy atom. The van der Waals surface area contributed by atoms with Crippen LogP contribution < -0.4 is 0 Å². The minimum absolute atomic E-state index is 0.213. The molecule has 12 heavy (non-hydrogen) atoms. The molecule has 2 saturated heterocycles. The molecule has 2 aliphatic heterocycles. The number of carboxylic acids is 1. The largest absolute Gasteiger partial charge is 0.481 e. The highest BCUT2D eigenvalue weighted by Crippen LogP contribution is 2.43. The quantitative estimate of drug-likeness (QED) is 0.647. The van der Waals surface area contributed by atoms with Crippen molar-refractivity contribution >= 4 is 5.97 Å². The van der Waals surface area contributed by atoms with Gasteiger partial charge in [-0.05, 0) is 32.6 Å². The molecule has 0 saturated carbocycles. The lowest BCUT2D eigenvalue weighted by Crippen LogP contribution is -2.38. The summed E-state index contributed by atoms with van der Waals surface area (Å²) >= 11 is 0. The van der Waals surface area contributed by atoms with E-state index in [1.807, 2.05) is 6.92 Å². The van der Waals surface area contributed by atoms with Crippen molar-refractivity contribution in [3.63, 3.8) is 0 Å². The summed E-state index contributed by atoms with van der Waals surface area (Å²) in [6.07, 6.45) is 3.91. The van der Waals surface area contributed by atoms with E-state index in [9.17, 15) is 4.79 Å². The van der Waals surface area contributed by atoms with E-state index >= 15 is 0 Å². The molecule has 2 aliphatic rings. The van der Waals surface area contributed by atoms with Gasteiger partial charge in [0.15, 0.2) is 0 Å². The lowest BCUT2D eigenvalue weighted by molar-refractivity contribution is -0.158. The van der Waals surface area contributed by atoms with Crippen molar-refractivity contribution in [3.8, 4) is 0 Å². The number of rotatable bonds is 1. The number of ether oxygens (including phenoxy) is 1. The second-order valence-electron chi connectivity index (χ2n) is 4.23. The van der Waals surface area contributed by atoms with E-state index < -0.39 is 11.4 Å². The van der Waals surface area contributed by atoms with Gasteiger partial charge < -0.3 is 9.84 Å². The van der Waals surface area contributed by atoms with Gasteiger partial charge in [-0.1, -0.05) is 0 Å². The first kappa shape index (κ1) is 8.05. The van der Waals surface area contributed by atoms with Gasteiger partial charge in [-0.25, -0.2) is 0 Å². The highest BCUT2D eigenvalue weighted by atomic mass is 16.5. The van der Waals surface area contributed by atoms with E-state index in [1.165, 1.54) is 0 Å². The van der Waals surface area contributed by atoms with E-state index in [1.54, 1.807) is 0 Å². The van der Waals surface area contributed by atoms with Crippen LogP contribution in [0.3, 0.4) is 0 Å². The average Bonchev–Trinajstić information content (AvgIpc) is 2.30. The molecule has 2 atom stereocenters. The molecule has 0 aromatic rings. The third-order valence-corrected chi connectivity index (χ3v) is 3.07. The first-order chi connectivity index (χ1) is 5.60. The van der Waals surface area contributed by atoms with Gasteiger partial charge in [0.1, 0.15) is 0 Å². The molecule has 0 aromatic carbocycles. The molecule has 2 rings (SSSR count). The van der Waals surface area contributed by atoms with Crippen LogP contribution in [0.15, 0.2) is 0 Å². The molecular weight excluding hydrogens is 156 g/mol. The van der Waals surface area contributed by atoms with Crippen LogP contribution >= 0.6 is 0 Å². The van der Waals surface area contributed by atoms with Gasteiger partial charge in [0.25, 0.3) is 0 Å². The molecule has 0 radical (unpaired) electrons. The number of carboxylic acid groups (broad SMARTS) is 1. The van der Waals surface area contributed by atoms with Crippen molar-refractivity contribution in [2.75, 3.05) is 0 Å². The van der Waals surface area contributed by atoms with Gasteiger partial charge >= 0.3 is 5.97 Å². The van der Waals surface area contributed by atoms with Crippen molar-refractivity contribution in [2.24, 2.45) is 5.41 Å². The predicted molar refractivity (Wildman–Crippen MR) is 42.9 cm³/mol. The molecule has 3 heteroatoms. The first-order valence-corrected chi connectivity index (χ1v) is 4.49. The molecule has 2 fully saturated rings. The average molecular weight is 170 g/mol. The molecule has 0 aliphatic carbocycles. The van der Waals surface area contributed by atoms with Gasteiger partial charge in [-0.15, -0.1) is 0 Å². The first-order valence-electron chi connectivity index (χ1n) is 4.49. The van der Waals surface area contributed by atoms with Gasteiger partial charge in [-0.3, -0.25) is 4.79 Å². The Morgan fingerprint density at radius 3 is 2.33 bits per heavy atom. The fourth-order valence-corrected chi connectivity index (χ4v) is 2.34. The highest BCUT2D eigenvalue weighted by molar-refractivity contribution is 5.74. The van der Waals surface area contributed by atoms with E-state index in [2.05, 4.69) is 0 Å². The van der Waals surface area contributed by atoms with Crippen molar-refractivity contribution in [1.82, 2.24) is 0 Å².